The molecule has 0 bridgehead atoms. The van der Waals surface area contributed by atoms with Gasteiger partial charge in [0.05, 0.1) is 5.56 Å². The van der Waals surface area contributed by atoms with Crippen molar-refractivity contribution in [3.05, 3.63) is 70.1 Å². The zero-order chi connectivity index (χ0) is 18.4. The first-order valence-corrected chi connectivity index (χ1v) is 8.25. The summed E-state index contributed by atoms with van der Waals surface area (Å²) in [5.74, 6) is 0.168. The number of carbonyl (C=O) groups is 2. The molecule has 3 aromatic rings. The van der Waals surface area contributed by atoms with Crippen LogP contribution in [0.5, 0.6) is 11.5 Å². The van der Waals surface area contributed by atoms with Gasteiger partial charge in [0.15, 0.2) is 5.76 Å². The standard InChI is InChI=1S/C20H13ClO5/c1-10(2)19-18(22)14-5-4-13(9-16(14)26-19)24-20(23)17-8-11-7-12(21)3-6-15(11)25-17/h3-9H,1-2H3. The molecular weight excluding hydrogens is 356 g/mol. The second kappa shape index (κ2) is 6.04. The van der Waals surface area contributed by atoms with E-state index in [2.05, 4.69) is 0 Å². The van der Waals surface area contributed by atoms with Crippen molar-refractivity contribution >= 4 is 34.3 Å². The van der Waals surface area contributed by atoms with Crippen molar-refractivity contribution < 1.29 is 23.5 Å². The van der Waals surface area contributed by atoms with Crippen LogP contribution in [0, 0.1) is 0 Å². The van der Waals surface area contributed by atoms with Crippen molar-refractivity contribution in [1.82, 2.24) is 0 Å². The molecule has 1 aromatic heterocycles. The smallest absolute Gasteiger partial charge is 0.379 e. The van der Waals surface area contributed by atoms with E-state index < -0.39 is 5.97 Å². The normalized spacial score (nSPS) is 12.9. The summed E-state index contributed by atoms with van der Waals surface area (Å²) in [4.78, 5) is 24.5. The molecule has 0 fully saturated rings. The molecule has 0 saturated carbocycles. The van der Waals surface area contributed by atoms with Crippen LogP contribution in [0.2, 0.25) is 5.02 Å². The van der Waals surface area contributed by atoms with Gasteiger partial charge in [-0.1, -0.05) is 11.6 Å². The van der Waals surface area contributed by atoms with Crippen LogP contribution in [0.3, 0.4) is 0 Å². The minimum Gasteiger partial charge on any atom is -0.452 e. The van der Waals surface area contributed by atoms with Crippen LogP contribution in [0.15, 0.2) is 58.2 Å². The molecule has 1 aliphatic heterocycles. The van der Waals surface area contributed by atoms with E-state index in [1.165, 1.54) is 6.07 Å². The van der Waals surface area contributed by atoms with E-state index in [0.29, 0.717) is 33.1 Å². The Hall–Kier alpha value is -3.05. The van der Waals surface area contributed by atoms with Crippen LogP contribution in [-0.4, -0.2) is 11.8 Å². The van der Waals surface area contributed by atoms with Crippen LogP contribution < -0.4 is 9.47 Å². The number of allylic oxidation sites excluding steroid dienone is 2. The molecule has 0 atom stereocenters. The van der Waals surface area contributed by atoms with E-state index in [4.69, 9.17) is 25.5 Å². The summed E-state index contributed by atoms with van der Waals surface area (Å²) >= 11 is 5.93. The second-order valence-corrected chi connectivity index (χ2v) is 6.54. The number of benzene rings is 2. The Balaban J connectivity index is 1.60. The summed E-state index contributed by atoms with van der Waals surface area (Å²) in [6.07, 6.45) is 0. The Kier molecular flexibility index (Phi) is 3.81. The molecule has 2 aromatic carbocycles. The van der Waals surface area contributed by atoms with Crippen LogP contribution in [-0.2, 0) is 0 Å². The topological polar surface area (TPSA) is 65.7 Å². The zero-order valence-electron chi connectivity index (χ0n) is 14.0. The third-order valence-corrected chi connectivity index (χ3v) is 4.20. The highest BCUT2D eigenvalue weighted by Gasteiger charge is 2.29. The maximum Gasteiger partial charge on any atom is 0.379 e. The van der Waals surface area contributed by atoms with Crippen molar-refractivity contribution in [3.63, 3.8) is 0 Å². The number of ether oxygens (including phenoxy) is 2. The van der Waals surface area contributed by atoms with E-state index in [9.17, 15) is 9.59 Å². The molecule has 0 radical (unpaired) electrons. The summed E-state index contributed by atoms with van der Waals surface area (Å²) in [6, 6.07) is 11.3. The van der Waals surface area contributed by atoms with Gasteiger partial charge < -0.3 is 13.9 Å². The molecule has 0 spiro atoms. The van der Waals surface area contributed by atoms with E-state index in [-0.39, 0.29) is 17.3 Å². The summed E-state index contributed by atoms with van der Waals surface area (Å²) in [5.41, 5.74) is 1.77. The Labute approximate surface area is 153 Å². The molecular formula is C20H13ClO5. The van der Waals surface area contributed by atoms with Gasteiger partial charge in [0.1, 0.15) is 17.1 Å². The molecule has 6 heteroatoms. The highest BCUT2D eigenvalue weighted by molar-refractivity contribution is 6.31. The first-order chi connectivity index (χ1) is 12.4. The Morgan fingerprint density at radius 1 is 1.08 bits per heavy atom. The second-order valence-electron chi connectivity index (χ2n) is 6.10. The largest absolute Gasteiger partial charge is 0.452 e. The predicted molar refractivity (Wildman–Crippen MR) is 96.0 cm³/mol. The fraction of sp³-hybridized carbons (Fsp3) is 0.100. The average Bonchev–Trinajstić information content (AvgIpc) is 3.16. The van der Waals surface area contributed by atoms with Crippen molar-refractivity contribution in [1.29, 1.82) is 0 Å². The lowest BCUT2D eigenvalue weighted by molar-refractivity contribution is 0.0703. The number of Topliss-reactive ketones (excluding diaryl/α,β-unsaturated/α-hetero) is 1. The number of rotatable bonds is 2. The first kappa shape index (κ1) is 16.4. The van der Waals surface area contributed by atoms with Crippen LogP contribution >= 0.6 is 11.6 Å². The van der Waals surface area contributed by atoms with E-state index >= 15 is 0 Å². The summed E-state index contributed by atoms with van der Waals surface area (Å²) in [5, 5.41) is 1.26. The average molecular weight is 369 g/mol. The molecule has 0 unspecified atom stereocenters. The lowest BCUT2D eigenvalue weighted by atomic mass is 10.1. The van der Waals surface area contributed by atoms with Gasteiger partial charge in [-0.3, -0.25) is 4.79 Å². The Morgan fingerprint density at radius 2 is 1.88 bits per heavy atom. The van der Waals surface area contributed by atoms with Gasteiger partial charge in [0, 0.05) is 16.5 Å². The molecule has 0 aliphatic carbocycles. The number of fused-ring (bicyclic) bond motifs is 2. The van der Waals surface area contributed by atoms with Gasteiger partial charge >= 0.3 is 5.97 Å². The van der Waals surface area contributed by atoms with Gasteiger partial charge in [-0.25, -0.2) is 4.79 Å². The lowest BCUT2D eigenvalue weighted by Crippen LogP contribution is -2.07. The molecule has 130 valence electrons. The zero-order valence-corrected chi connectivity index (χ0v) is 14.7. The Morgan fingerprint density at radius 3 is 2.65 bits per heavy atom. The Bertz CT molecular complexity index is 1100. The molecule has 5 nitrogen and oxygen atoms in total. The maximum atomic E-state index is 12.3. The number of hydrogen-bond acceptors (Lipinski definition) is 5. The van der Waals surface area contributed by atoms with E-state index in [0.717, 1.165) is 5.57 Å². The third-order valence-electron chi connectivity index (χ3n) is 3.96. The highest BCUT2D eigenvalue weighted by Crippen LogP contribution is 2.35. The molecule has 26 heavy (non-hydrogen) atoms. The number of ketones is 1. The quantitative estimate of drug-likeness (QED) is 0.354. The van der Waals surface area contributed by atoms with Crippen LogP contribution in [0.1, 0.15) is 34.8 Å². The van der Waals surface area contributed by atoms with E-state index in [1.54, 1.807) is 50.2 Å². The summed E-state index contributed by atoms with van der Waals surface area (Å²) < 4.78 is 16.4. The molecule has 0 amide bonds. The fourth-order valence-electron chi connectivity index (χ4n) is 2.72. The minimum absolute atomic E-state index is 0.0600. The number of furan rings is 1. The van der Waals surface area contributed by atoms with Crippen molar-refractivity contribution in [2.24, 2.45) is 0 Å². The third kappa shape index (κ3) is 2.76. The molecule has 0 saturated heterocycles. The highest BCUT2D eigenvalue weighted by atomic mass is 35.5. The summed E-state index contributed by atoms with van der Waals surface area (Å²) in [6.45, 7) is 3.60. The maximum absolute atomic E-state index is 12.3. The number of halogens is 1. The molecule has 1 aliphatic rings. The van der Waals surface area contributed by atoms with Gasteiger partial charge in [0.25, 0.3) is 0 Å². The van der Waals surface area contributed by atoms with Crippen LogP contribution in [0.4, 0.5) is 0 Å². The first-order valence-electron chi connectivity index (χ1n) is 7.88. The van der Waals surface area contributed by atoms with Gasteiger partial charge in [0.2, 0.25) is 11.5 Å². The number of carbonyl (C=O) groups excluding carboxylic acids is 2. The lowest BCUT2D eigenvalue weighted by Gasteiger charge is -2.04. The summed E-state index contributed by atoms with van der Waals surface area (Å²) in [7, 11) is 0. The molecule has 0 N–H and O–H groups in total. The van der Waals surface area contributed by atoms with Gasteiger partial charge in [-0.15, -0.1) is 0 Å². The van der Waals surface area contributed by atoms with Crippen molar-refractivity contribution in [2.75, 3.05) is 0 Å². The monoisotopic (exact) mass is 368 g/mol. The number of hydrogen-bond donors (Lipinski definition) is 0. The predicted octanol–water partition coefficient (Wildman–Crippen LogP) is 5.17. The SMILES string of the molecule is CC(C)=C1Oc2cc(OC(=O)c3cc4cc(Cl)ccc4o3)ccc2C1=O. The number of esters is 1. The van der Waals surface area contributed by atoms with Gasteiger partial charge in [-0.05, 0) is 55.8 Å². The van der Waals surface area contributed by atoms with E-state index in [1.807, 2.05) is 0 Å². The minimum atomic E-state index is -0.649. The van der Waals surface area contributed by atoms with Gasteiger partial charge in [-0.2, -0.15) is 0 Å². The molecule has 4 rings (SSSR count). The van der Waals surface area contributed by atoms with Crippen molar-refractivity contribution in [3.8, 4) is 11.5 Å². The fourth-order valence-corrected chi connectivity index (χ4v) is 2.90. The van der Waals surface area contributed by atoms with Crippen molar-refractivity contribution in [2.45, 2.75) is 13.8 Å². The van der Waals surface area contributed by atoms with Crippen LogP contribution in [0.25, 0.3) is 11.0 Å². The molecule has 2 heterocycles.